The Morgan fingerprint density at radius 2 is 1.60 bits per heavy atom. The van der Waals surface area contributed by atoms with E-state index in [4.69, 9.17) is 0 Å². The number of ketones is 2. The fourth-order valence-electron chi connectivity index (χ4n) is 4.37. The van der Waals surface area contributed by atoms with Gasteiger partial charge in [-0.05, 0) is 29.2 Å². The summed E-state index contributed by atoms with van der Waals surface area (Å²) < 4.78 is 1.72. The number of aromatic carboxylic acids is 1. The Balaban J connectivity index is 1.73. The summed E-state index contributed by atoms with van der Waals surface area (Å²) in [5.74, 6) is -1.46. The maximum atomic E-state index is 13.2. The molecule has 0 saturated heterocycles. The molecule has 0 amide bonds. The SMILES string of the molecule is CCCCc1nc2c(n1Cc1ccc(-c3ccccc3C(=O)O)cc1)C(=O)C(CO)=C(CO)C2=O. The quantitative estimate of drug-likeness (QED) is 0.434. The molecule has 1 aromatic heterocycles. The number of hydrogen-bond acceptors (Lipinski definition) is 6. The van der Waals surface area contributed by atoms with Gasteiger partial charge >= 0.3 is 5.97 Å². The molecule has 180 valence electrons. The summed E-state index contributed by atoms with van der Waals surface area (Å²) in [6.07, 6.45) is 2.28. The number of nitrogens with zero attached hydrogens (tertiary/aromatic N) is 2. The lowest BCUT2D eigenvalue weighted by Crippen LogP contribution is -2.27. The van der Waals surface area contributed by atoms with Gasteiger partial charge in [0.1, 0.15) is 17.2 Å². The largest absolute Gasteiger partial charge is 0.478 e. The second-order valence-corrected chi connectivity index (χ2v) is 8.39. The first kappa shape index (κ1) is 24.3. The smallest absolute Gasteiger partial charge is 0.336 e. The van der Waals surface area contributed by atoms with Crippen LogP contribution in [0.1, 0.15) is 62.5 Å². The predicted octanol–water partition coefficient (Wildman–Crippen LogP) is 3.30. The van der Waals surface area contributed by atoms with Gasteiger partial charge < -0.3 is 19.9 Å². The van der Waals surface area contributed by atoms with Crippen LogP contribution in [0, 0.1) is 0 Å². The second kappa shape index (κ2) is 10.2. The molecule has 1 aliphatic carbocycles. The van der Waals surface area contributed by atoms with E-state index in [1.165, 1.54) is 0 Å². The van der Waals surface area contributed by atoms with Crippen molar-refractivity contribution in [2.75, 3.05) is 13.2 Å². The van der Waals surface area contributed by atoms with Gasteiger partial charge in [-0.25, -0.2) is 9.78 Å². The van der Waals surface area contributed by atoms with E-state index in [2.05, 4.69) is 4.98 Å². The van der Waals surface area contributed by atoms with E-state index in [1.54, 1.807) is 28.8 Å². The lowest BCUT2D eigenvalue weighted by atomic mass is 9.90. The van der Waals surface area contributed by atoms with Crippen LogP contribution < -0.4 is 0 Å². The number of imidazole rings is 1. The molecule has 2 aromatic carbocycles. The van der Waals surface area contributed by atoms with Crippen LogP contribution >= 0.6 is 0 Å². The van der Waals surface area contributed by atoms with Crippen LogP contribution in [0.2, 0.25) is 0 Å². The maximum Gasteiger partial charge on any atom is 0.336 e. The number of aryl methyl sites for hydroxylation is 1. The number of carbonyl (C=O) groups is 3. The zero-order valence-corrected chi connectivity index (χ0v) is 19.3. The van der Waals surface area contributed by atoms with Crippen LogP contribution in [0.15, 0.2) is 59.7 Å². The van der Waals surface area contributed by atoms with Gasteiger partial charge in [-0.1, -0.05) is 55.8 Å². The number of aliphatic hydroxyl groups excluding tert-OH is 2. The normalized spacial score (nSPS) is 13.3. The molecule has 8 heteroatoms. The van der Waals surface area contributed by atoms with Crippen molar-refractivity contribution in [3.63, 3.8) is 0 Å². The standard InChI is InChI=1S/C27H26N2O6/c1-2-3-8-22-28-23-24(26(33)21(15-31)20(14-30)25(23)32)29(22)13-16-9-11-17(12-10-16)18-6-4-5-7-19(18)27(34)35/h4-7,9-12,30-31H,2-3,8,13-15H2,1H3,(H,34,35). The van der Waals surface area contributed by atoms with Crippen molar-refractivity contribution >= 4 is 17.5 Å². The molecule has 4 rings (SSSR count). The first-order valence-corrected chi connectivity index (χ1v) is 11.4. The Hall–Kier alpha value is -3.88. The molecule has 35 heavy (non-hydrogen) atoms. The molecular formula is C27H26N2O6. The van der Waals surface area contributed by atoms with Gasteiger partial charge in [0.2, 0.25) is 11.6 Å². The number of aromatic nitrogens is 2. The van der Waals surface area contributed by atoms with Crippen LogP contribution in [-0.2, 0) is 13.0 Å². The fraction of sp³-hybridized carbons (Fsp3) is 0.259. The lowest BCUT2D eigenvalue weighted by Gasteiger charge is -2.18. The summed E-state index contributed by atoms with van der Waals surface area (Å²) in [7, 11) is 0. The zero-order chi connectivity index (χ0) is 25.1. The Morgan fingerprint density at radius 1 is 0.943 bits per heavy atom. The lowest BCUT2D eigenvalue weighted by molar-refractivity contribution is 0.0697. The van der Waals surface area contributed by atoms with E-state index in [-0.39, 0.29) is 34.6 Å². The fourth-order valence-corrected chi connectivity index (χ4v) is 4.37. The highest BCUT2D eigenvalue weighted by atomic mass is 16.4. The van der Waals surface area contributed by atoms with Gasteiger partial charge in [0.15, 0.2) is 0 Å². The molecule has 0 bridgehead atoms. The Bertz CT molecular complexity index is 1330. The number of carbonyl (C=O) groups excluding carboxylic acids is 2. The summed E-state index contributed by atoms with van der Waals surface area (Å²) in [6.45, 7) is 1.02. The first-order chi connectivity index (χ1) is 16.9. The molecule has 0 spiro atoms. The number of Topliss-reactive ketones (excluding diaryl/α,β-unsaturated/α-hetero) is 2. The summed E-state index contributed by atoms with van der Waals surface area (Å²) in [5.41, 5.74) is 2.31. The predicted molar refractivity (Wildman–Crippen MR) is 129 cm³/mol. The molecule has 0 saturated carbocycles. The number of aliphatic hydroxyl groups is 2. The number of hydrogen-bond donors (Lipinski definition) is 3. The molecule has 0 unspecified atom stereocenters. The molecule has 1 heterocycles. The Kier molecular flexibility index (Phi) is 7.04. The van der Waals surface area contributed by atoms with Crippen LogP contribution in [-0.4, -0.2) is 55.6 Å². The van der Waals surface area contributed by atoms with E-state index in [1.807, 2.05) is 31.2 Å². The van der Waals surface area contributed by atoms with Crippen molar-refractivity contribution in [2.24, 2.45) is 0 Å². The van der Waals surface area contributed by atoms with Crippen LogP contribution in [0.5, 0.6) is 0 Å². The van der Waals surface area contributed by atoms with E-state index >= 15 is 0 Å². The summed E-state index contributed by atoms with van der Waals surface area (Å²) in [5, 5.41) is 28.8. The average Bonchev–Trinajstić information content (AvgIpc) is 3.23. The highest BCUT2D eigenvalue weighted by Gasteiger charge is 2.37. The van der Waals surface area contributed by atoms with Crippen molar-refractivity contribution in [1.29, 1.82) is 0 Å². The molecule has 0 aliphatic heterocycles. The van der Waals surface area contributed by atoms with Gasteiger partial charge in [0, 0.05) is 24.1 Å². The van der Waals surface area contributed by atoms with Gasteiger partial charge in [-0.2, -0.15) is 0 Å². The van der Waals surface area contributed by atoms with Crippen molar-refractivity contribution in [3.05, 3.63) is 88.0 Å². The minimum absolute atomic E-state index is 0.00867. The third-order valence-corrected chi connectivity index (χ3v) is 6.22. The number of benzene rings is 2. The van der Waals surface area contributed by atoms with Crippen LogP contribution in [0.3, 0.4) is 0 Å². The Morgan fingerprint density at radius 3 is 2.23 bits per heavy atom. The minimum atomic E-state index is -1.01. The van der Waals surface area contributed by atoms with Crippen molar-refractivity contribution in [3.8, 4) is 11.1 Å². The van der Waals surface area contributed by atoms with Crippen LogP contribution in [0.25, 0.3) is 11.1 Å². The highest BCUT2D eigenvalue weighted by Crippen LogP contribution is 2.29. The van der Waals surface area contributed by atoms with E-state index in [9.17, 15) is 29.7 Å². The Labute approximate surface area is 202 Å². The monoisotopic (exact) mass is 474 g/mol. The molecule has 0 radical (unpaired) electrons. The second-order valence-electron chi connectivity index (χ2n) is 8.39. The first-order valence-electron chi connectivity index (χ1n) is 11.4. The number of rotatable bonds is 9. The number of carboxylic acids is 1. The highest BCUT2D eigenvalue weighted by molar-refractivity contribution is 6.25. The third kappa shape index (κ3) is 4.45. The topological polar surface area (TPSA) is 130 Å². The summed E-state index contributed by atoms with van der Waals surface area (Å²) in [6, 6.07) is 14.1. The molecule has 0 fully saturated rings. The minimum Gasteiger partial charge on any atom is -0.478 e. The molecule has 3 N–H and O–H groups in total. The summed E-state index contributed by atoms with van der Waals surface area (Å²) in [4.78, 5) is 42.2. The molecule has 1 aliphatic rings. The van der Waals surface area contributed by atoms with E-state index in [0.717, 1.165) is 24.0 Å². The van der Waals surface area contributed by atoms with Gasteiger partial charge in [0.05, 0.1) is 18.8 Å². The number of fused-ring (bicyclic) bond motifs is 1. The van der Waals surface area contributed by atoms with E-state index in [0.29, 0.717) is 17.8 Å². The number of unbranched alkanes of at least 4 members (excludes halogenated alkanes) is 1. The average molecular weight is 475 g/mol. The summed E-state index contributed by atoms with van der Waals surface area (Å²) >= 11 is 0. The number of carboxylic acid groups (broad SMARTS) is 1. The zero-order valence-electron chi connectivity index (χ0n) is 19.3. The molecular weight excluding hydrogens is 448 g/mol. The van der Waals surface area contributed by atoms with Crippen molar-refractivity contribution < 1.29 is 29.7 Å². The third-order valence-electron chi connectivity index (χ3n) is 6.22. The maximum absolute atomic E-state index is 13.2. The van der Waals surface area contributed by atoms with Crippen molar-refractivity contribution in [2.45, 2.75) is 32.7 Å². The van der Waals surface area contributed by atoms with Gasteiger partial charge in [-0.15, -0.1) is 0 Å². The van der Waals surface area contributed by atoms with Gasteiger partial charge in [-0.3, -0.25) is 9.59 Å². The molecule has 8 nitrogen and oxygen atoms in total. The van der Waals surface area contributed by atoms with Gasteiger partial charge in [0.25, 0.3) is 0 Å². The molecule has 3 aromatic rings. The van der Waals surface area contributed by atoms with Crippen molar-refractivity contribution in [1.82, 2.24) is 9.55 Å². The van der Waals surface area contributed by atoms with E-state index < -0.39 is 30.7 Å². The molecule has 0 atom stereocenters. The van der Waals surface area contributed by atoms with Crippen LogP contribution in [0.4, 0.5) is 0 Å².